The average Bonchev–Trinajstić information content (AvgIpc) is 2.96. The smallest absolute Gasteiger partial charge is 0.264 e. The summed E-state index contributed by atoms with van der Waals surface area (Å²) in [5, 5.41) is 4.28. The highest BCUT2D eigenvalue weighted by molar-refractivity contribution is 7.92. The molecule has 1 fully saturated rings. The molecule has 12 heteroatoms. The molecule has 1 aliphatic rings. The van der Waals surface area contributed by atoms with Gasteiger partial charge in [0, 0.05) is 18.1 Å². The number of nitrogens with zero attached hydrogens (tertiary/aromatic N) is 3. The van der Waals surface area contributed by atoms with Gasteiger partial charge in [-0.05, 0) is 67.1 Å². The minimum Gasteiger partial charge on any atom is -0.484 e. The Kier molecular flexibility index (Phi) is 9.75. The Balaban J connectivity index is 1.37. The summed E-state index contributed by atoms with van der Waals surface area (Å²) < 4.78 is 38.7. The molecule has 0 radical (unpaired) electrons. The number of carbonyl (C=O) groups excluding carboxylic acids is 2. The number of hydrazone groups is 1. The highest BCUT2D eigenvalue weighted by Crippen LogP contribution is 2.26. The molecule has 10 nitrogen and oxygen atoms in total. The molecule has 0 aromatic heterocycles. The van der Waals surface area contributed by atoms with E-state index in [-0.39, 0.29) is 23.1 Å². The zero-order chi connectivity index (χ0) is 28.5. The van der Waals surface area contributed by atoms with Gasteiger partial charge in [0.25, 0.3) is 21.8 Å². The second-order valence-corrected chi connectivity index (χ2v) is 11.2. The van der Waals surface area contributed by atoms with E-state index in [2.05, 4.69) is 10.5 Å². The number of nitrogens with one attached hydrogen (secondary N) is 1. The topological polar surface area (TPSA) is 118 Å². The summed E-state index contributed by atoms with van der Waals surface area (Å²) in [6.07, 6.45) is 1.42. The summed E-state index contributed by atoms with van der Waals surface area (Å²) in [5.74, 6) is -0.234. The van der Waals surface area contributed by atoms with Crippen LogP contribution in [0.15, 0.2) is 82.8 Å². The molecule has 0 saturated carbocycles. The van der Waals surface area contributed by atoms with E-state index in [1.54, 1.807) is 59.5 Å². The molecule has 0 unspecified atom stereocenters. The van der Waals surface area contributed by atoms with Crippen LogP contribution in [-0.2, 0) is 24.3 Å². The molecule has 3 aromatic carbocycles. The number of hydrogen-bond acceptors (Lipinski definition) is 7. The van der Waals surface area contributed by atoms with Crippen molar-refractivity contribution in [3.05, 3.63) is 88.9 Å². The van der Waals surface area contributed by atoms with Gasteiger partial charge in [-0.15, -0.1) is 0 Å². The lowest BCUT2D eigenvalue weighted by atomic mass is 10.2. The lowest BCUT2D eigenvalue weighted by molar-refractivity contribution is -0.137. The molecular weight excluding hydrogens is 556 g/mol. The van der Waals surface area contributed by atoms with Gasteiger partial charge in [-0.1, -0.05) is 35.4 Å². The van der Waals surface area contributed by atoms with Gasteiger partial charge in [-0.2, -0.15) is 5.10 Å². The predicted molar refractivity (Wildman–Crippen MR) is 152 cm³/mol. The zero-order valence-corrected chi connectivity index (χ0v) is 23.4. The third kappa shape index (κ3) is 7.81. The number of carbonyl (C=O) groups is 2. The zero-order valence-electron chi connectivity index (χ0n) is 21.8. The lowest BCUT2D eigenvalue weighted by Gasteiger charge is -2.26. The van der Waals surface area contributed by atoms with E-state index in [4.69, 9.17) is 21.1 Å². The van der Waals surface area contributed by atoms with Crippen molar-refractivity contribution in [2.45, 2.75) is 11.8 Å². The molecule has 4 rings (SSSR count). The van der Waals surface area contributed by atoms with E-state index >= 15 is 0 Å². The Labute approximate surface area is 238 Å². The van der Waals surface area contributed by atoms with Crippen molar-refractivity contribution in [3.8, 4) is 5.75 Å². The Hall–Kier alpha value is -3.93. The fourth-order valence-corrected chi connectivity index (χ4v) is 5.42. The first-order valence-electron chi connectivity index (χ1n) is 12.5. The highest BCUT2D eigenvalue weighted by atomic mass is 35.5. The molecule has 0 spiro atoms. The fraction of sp³-hybridized carbons (Fsp3) is 0.250. The van der Waals surface area contributed by atoms with Crippen molar-refractivity contribution < 1.29 is 27.5 Å². The van der Waals surface area contributed by atoms with E-state index in [0.29, 0.717) is 42.6 Å². The van der Waals surface area contributed by atoms with Gasteiger partial charge in [-0.3, -0.25) is 13.9 Å². The molecular formula is C28H29ClN4O6S. The molecule has 3 aromatic rings. The van der Waals surface area contributed by atoms with Crippen molar-refractivity contribution in [2.75, 3.05) is 43.8 Å². The number of aryl methyl sites for hydroxylation is 1. The number of rotatable bonds is 10. The Bertz CT molecular complexity index is 1460. The van der Waals surface area contributed by atoms with Crippen LogP contribution >= 0.6 is 11.6 Å². The highest BCUT2D eigenvalue weighted by Gasteiger charge is 2.27. The normalized spacial score (nSPS) is 13.7. The average molecular weight is 585 g/mol. The van der Waals surface area contributed by atoms with Crippen LogP contribution in [0.25, 0.3) is 0 Å². The third-order valence-corrected chi connectivity index (χ3v) is 8.02. The number of hydrogen-bond donors (Lipinski definition) is 1. The maximum atomic E-state index is 13.4. The first-order valence-corrected chi connectivity index (χ1v) is 14.3. The van der Waals surface area contributed by atoms with Crippen molar-refractivity contribution >= 4 is 45.3 Å². The molecule has 2 amide bonds. The predicted octanol–water partition coefficient (Wildman–Crippen LogP) is 3.23. The largest absolute Gasteiger partial charge is 0.484 e. The van der Waals surface area contributed by atoms with Gasteiger partial charge < -0.3 is 14.4 Å². The summed E-state index contributed by atoms with van der Waals surface area (Å²) in [5.41, 5.74) is 4.18. The quantitative estimate of drug-likeness (QED) is 0.289. The van der Waals surface area contributed by atoms with Gasteiger partial charge in [0.1, 0.15) is 12.3 Å². The second-order valence-electron chi connectivity index (χ2n) is 8.95. The summed E-state index contributed by atoms with van der Waals surface area (Å²) in [6.45, 7) is 3.42. The molecule has 1 heterocycles. The lowest BCUT2D eigenvalue weighted by Crippen LogP contribution is -2.42. The van der Waals surface area contributed by atoms with Gasteiger partial charge in [0.15, 0.2) is 6.61 Å². The number of sulfonamides is 1. The van der Waals surface area contributed by atoms with Crippen molar-refractivity contribution in [1.82, 2.24) is 10.3 Å². The van der Waals surface area contributed by atoms with E-state index in [1.165, 1.54) is 24.4 Å². The van der Waals surface area contributed by atoms with E-state index in [0.717, 1.165) is 9.87 Å². The standard InChI is InChI=1S/C28H29ClN4O6S/c1-21-5-11-26(12-6-21)40(36,37)33(24-4-2-3-23(29)17-24)19-27(34)31-30-18-22-7-9-25(10-8-22)39-20-28(35)32-13-15-38-16-14-32/h2-12,17-18H,13-16,19-20H2,1H3,(H,31,34)/b30-18+. The van der Waals surface area contributed by atoms with Crippen molar-refractivity contribution in [3.63, 3.8) is 0 Å². The van der Waals surface area contributed by atoms with Crippen molar-refractivity contribution in [2.24, 2.45) is 5.10 Å². The van der Waals surface area contributed by atoms with Gasteiger partial charge in [0.2, 0.25) is 0 Å². The van der Waals surface area contributed by atoms with E-state index < -0.39 is 22.5 Å². The van der Waals surface area contributed by atoms with Crippen LogP contribution in [0.3, 0.4) is 0 Å². The minimum atomic E-state index is -4.07. The fourth-order valence-electron chi connectivity index (χ4n) is 3.83. The van der Waals surface area contributed by atoms with Crippen LogP contribution in [-0.4, -0.2) is 70.8 Å². The molecule has 1 saturated heterocycles. The molecule has 0 atom stereocenters. The number of amides is 2. The molecule has 1 N–H and O–H groups in total. The van der Waals surface area contributed by atoms with Crippen LogP contribution < -0.4 is 14.5 Å². The van der Waals surface area contributed by atoms with Crippen molar-refractivity contribution in [1.29, 1.82) is 0 Å². The molecule has 210 valence electrons. The van der Waals surface area contributed by atoms with Crippen LogP contribution in [0.5, 0.6) is 5.75 Å². The summed E-state index contributed by atoms with van der Waals surface area (Å²) in [7, 11) is -4.07. The van der Waals surface area contributed by atoms with Crippen LogP contribution in [0.1, 0.15) is 11.1 Å². The maximum Gasteiger partial charge on any atom is 0.264 e. The number of anilines is 1. The van der Waals surface area contributed by atoms with Gasteiger partial charge in [0.05, 0.1) is 30.0 Å². The number of morpholine rings is 1. The van der Waals surface area contributed by atoms with E-state index in [1.807, 2.05) is 6.92 Å². The van der Waals surface area contributed by atoms with Gasteiger partial charge in [-0.25, -0.2) is 13.8 Å². The number of ether oxygens (including phenoxy) is 2. The Morgan fingerprint density at radius 2 is 1.77 bits per heavy atom. The first kappa shape index (κ1) is 29.1. The van der Waals surface area contributed by atoms with E-state index in [9.17, 15) is 18.0 Å². The number of halogens is 1. The summed E-state index contributed by atoms with van der Waals surface area (Å²) in [6, 6.07) is 19.4. The number of benzene rings is 3. The monoisotopic (exact) mass is 584 g/mol. The van der Waals surface area contributed by atoms with Crippen LogP contribution in [0, 0.1) is 6.92 Å². The SMILES string of the molecule is Cc1ccc(S(=O)(=O)N(CC(=O)N/N=C/c2ccc(OCC(=O)N3CCOCC3)cc2)c2cccc(Cl)c2)cc1. The molecule has 0 aliphatic carbocycles. The summed E-state index contributed by atoms with van der Waals surface area (Å²) in [4.78, 5) is 26.7. The summed E-state index contributed by atoms with van der Waals surface area (Å²) >= 11 is 6.10. The Morgan fingerprint density at radius 3 is 2.45 bits per heavy atom. The second kappa shape index (κ2) is 13.4. The van der Waals surface area contributed by atoms with Crippen LogP contribution in [0.2, 0.25) is 5.02 Å². The first-order chi connectivity index (χ1) is 19.2. The minimum absolute atomic E-state index is 0.0448. The van der Waals surface area contributed by atoms with Crippen LogP contribution in [0.4, 0.5) is 5.69 Å². The third-order valence-electron chi connectivity index (χ3n) is 6.00. The van der Waals surface area contributed by atoms with Gasteiger partial charge >= 0.3 is 0 Å². The molecule has 0 bridgehead atoms. The molecule has 40 heavy (non-hydrogen) atoms. The molecule has 1 aliphatic heterocycles. The maximum absolute atomic E-state index is 13.4. The Morgan fingerprint density at radius 1 is 1.07 bits per heavy atom.